The number of carbonyl (C=O) groups excluding carboxylic acids is 2. The first kappa shape index (κ1) is 21.2. The topological polar surface area (TPSA) is 49.9 Å². The second-order valence-corrected chi connectivity index (χ2v) is 8.32. The second kappa shape index (κ2) is 8.96. The van der Waals surface area contributed by atoms with Crippen LogP contribution in [0.15, 0.2) is 54.2 Å². The number of piperidine rings is 1. The van der Waals surface area contributed by atoms with E-state index in [0.29, 0.717) is 29.5 Å². The van der Waals surface area contributed by atoms with Crippen LogP contribution in [0, 0.1) is 5.92 Å². The molecule has 0 radical (unpaired) electrons. The number of hydrogen-bond acceptors (Lipinski definition) is 4. The molecule has 2 aromatic carbocycles. The van der Waals surface area contributed by atoms with Crippen molar-refractivity contribution in [3.8, 4) is 5.75 Å². The standard InChI is InChI=1S/C26H30N2O3/c1-4-19-6-10-21(11-7-19)28-25(29)23(20-8-12-22(13-9-20)31-5-2)24(26(28)30)27-16-14-18(3)15-17-27/h6-13,18H,4-5,14-17H2,1-3H3. The maximum Gasteiger partial charge on any atom is 0.282 e. The van der Waals surface area contributed by atoms with Gasteiger partial charge in [-0.25, -0.2) is 4.90 Å². The van der Waals surface area contributed by atoms with Gasteiger partial charge in [0, 0.05) is 13.1 Å². The lowest BCUT2D eigenvalue weighted by atomic mass is 9.97. The molecule has 162 valence electrons. The van der Waals surface area contributed by atoms with Crippen LogP contribution in [0.3, 0.4) is 0 Å². The monoisotopic (exact) mass is 418 g/mol. The summed E-state index contributed by atoms with van der Waals surface area (Å²) in [6, 6.07) is 15.2. The molecule has 4 rings (SSSR count). The molecule has 2 aliphatic heterocycles. The second-order valence-electron chi connectivity index (χ2n) is 8.32. The molecule has 2 aliphatic rings. The molecule has 5 heteroatoms. The van der Waals surface area contributed by atoms with E-state index in [9.17, 15) is 9.59 Å². The fourth-order valence-electron chi connectivity index (χ4n) is 4.30. The lowest BCUT2D eigenvalue weighted by Crippen LogP contribution is -2.38. The molecule has 0 aliphatic carbocycles. The van der Waals surface area contributed by atoms with Crippen molar-refractivity contribution >= 4 is 23.1 Å². The van der Waals surface area contributed by atoms with Crippen molar-refractivity contribution < 1.29 is 14.3 Å². The summed E-state index contributed by atoms with van der Waals surface area (Å²) < 4.78 is 5.55. The van der Waals surface area contributed by atoms with Crippen molar-refractivity contribution in [1.29, 1.82) is 0 Å². The van der Waals surface area contributed by atoms with E-state index in [0.717, 1.165) is 43.7 Å². The molecule has 2 aromatic rings. The Balaban J connectivity index is 1.75. The first-order valence-electron chi connectivity index (χ1n) is 11.2. The number of amides is 2. The van der Waals surface area contributed by atoms with E-state index in [1.165, 1.54) is 10.5 Å². The Hall–Kier alpha value is -3.08. The van der Waals surface area contributed by atoms with Crippen molar-refractivity contribution in [2.45, 2.75) is 40.0 Å². The van der Waals surface area contributed by atoms with Crippen LogP contribution in [0.1, 0.15) is 44.7 Å². The fourth-order valence-corrected chi connectivity index (χ4v) is 4.30. The number of nitrogens with zero attached hydrogens (tertiary/aromatic N) is 2. The highest BCUT2D eigenvalue weighted by atomic mass is 16.5. The van der Waals surface area contributed by atoms with Crippen LogP contribution in [0.25, 0.3) is 5.57 Å². The first-order chi connectivity index (χ1) is 15.0. The number of carbonyl (C=O) groups is 2. The molecule has 1 saturated heterocycles. The van der Waals surface area contributed by atoms with Gasteiger partial charge < -0.3 is 9.64 Å². The number of likely N-dealkylation sites (tertiary alicyclic amines) is 1. The average molecular weight is 419 g/mol. The largest absolute Gasteiger partial charge is 0.494 e. The number of benzene rings is 2. The number of ether oxygens (including phenoxy) is 1. The first-order valence-corrected chi connectivity index (χ1v) is 11.2. The van der Waals surface area contributed by atoms with Gasteiger partial charge in [0.1, 0.15) is 11.4 Å². The minimum Gasteiger partial charge on any atom is -0.494 e. The van der Waals surface area contributed by atoms with Crippen molar-refractivity contribution in [3.63, 3.8) is 0 Å². The van der Waals surface area contributed by atoms with E-state index in [2.05, 4.69) is 18.7 Å². The third kappa shape index (κ3) is 4.09. The van der Waals surface area contributed by atoms with Crippen LogP contribution < -0.4 is 9.64 Å². The Morgan fingerprint density at radius 1 is 0.903 bits per heavy atom. The zero-order valence-corrected chi connectivity index (χ0v) is 18.6. The third-order valence-electron chi connectivity index (χ3n) is 6.22. The number of anilines is 1. The van der Waals surface area contributed by atoms with Gasteiger partial charge in [0.2, 0.25) is 0 Å². The third-order valence-corrected chi connectivity index (χ3v) is 6.22. The summed E-state index contributed by atoms with van der Waals surface area (Å²) in [5.74, 6) is 0.902. The Morgan fingerprint density at radius 3 is 2.13 bits per heavy atom. The summed E-state index contributed by atoms with van der Waals surface area (Å²) in [4.78, 5) is 30.6. The predicted molar refractivity (Wildman–Crippen MR) is 123 cm³/mol. The lowest BCUT2D eigenvalue weighted by Gasteiger charge is -2.32. The smallest absolute Gasteiger partial charge is 0.282 e. The van der Waals surface area contributed by atoms with Gasteiger partial charge in [0.25, 0.3) is 11.8 Å². The Morgan fingerprint density at radius 2 is 1.55 bits per heavy atom. The predicted octanol–water partition coefficient (Wildman–Crippen LogP) is 4.66. The fraction of sp³-hybridized carbons (Fsp3) is 0.385. The quantitative estimate of drug-likeness (QED) is 0.640. The van der Waals surface area contributed by atoms with E-state index in [1.807, 2.05) is 55.5 Å². The summed E-state index contributed by atoms with van der Waals surface area (Å²) in [6.45, 7) is 8.42. The average Bonchev–Trinajstić information content (AvgIpc) is 3.05. The molecule has 2 heterocycles. The van der Waals surface area contributed by atoms with Crippen LogP contribution in [0.5, 0.6) is 5.75 Å². The highest BCUT2D eigenvalue weighted by Gasteiger charge is 2.42. The minimum atomic E-state index is -0.257. The Bertz CT molecular complexity index is 984. The van der Waals surface area contributed by atoms with Gasteiger partial charge in [-0.2, -0.15) is 0 Å². The molecule has 0 aromatic heterocycles. The zero-order chi connectivity index (χ0) is 22.0. The van der Waals surface area contributed by atoms with Gasteiger partial charge in [0.15, 0.2) is 0 Å². The zero-order valence-electron chi connectivity index (χ0n) is 18.6. The normalized spacial score (nSPS) is 17.6. The molecule has 0 bridgehead atoms. The number of imide groups is 1. The summed E-state index contributed by atoms with van der Waals surface area (Å²) >= 11 is 0. The Kier molecular flexibility index (Phi) is 6.12. The van der Waals surface area contributed by atoms with Gasteiger partial charge in [0.05, 0.1) is 17.9 Å². The minimum absolute atomic E-state index is 0.229. The maximum atomic E-state index is 13.6. The van der Waals surface area contributed by atoms with Crippen LogP contribution in [0.4, 0.5) is 5.69 Å². The molecule has 0 N–H and O–H groups in total. The van der Waals surface area contributed by atoms with Gasteiger partial charge >= 0.3 is 0 Å². The highest BCUT2D eigenvalue weighted by molar-refractivity contribution is 6.45. The number of hydrogen-bond donors (Lipinski definition) is 0. The molecule has 0 atom stereocenters. The molecule has 0 spiro atoms. The number of aryl methyl sites for hydroxylation is 1. The van der Waals surface area contributed by atoms with Crippen molar-refractivity contribution in [1.82, 2.24) is 4.90 Å². The summed E-state index contributed by atoms with van der Waals surface area (Å²) in [5, 5.41) is 0. The van der Waals surface area contributed by atoms with E-state index < -0.39 is 0 Å². The molecule has 0 saturated carbocycles. The van der Waals surface area contributed by atoms with E-state index in [4.69, 9.17) is 4.74 Å². The van der Waals surface area contributed by atoms with Gasteiger partial charge in [-0.3, -0.25) is 9.59 Å². The summed E-state index contributed by atoms with van der Waals surface area (Å²) in [6.07, 6.45) is 2.95. The van der Waals surface area contributed by atoms with E-state index in [-0.39, 0.29) is 11.8 Å². The summed E-state index contributed by atoms with van der Waals surface area (Å²) in [7, 11) is 0. The SMILES string of the molecule is CCOc1ccc(C2=C(N3CCC(C)CC3)C(=O)N(c3ccc(CC)cc3)C2=O)cc1. The van der Waals surface area contributed by atoms with Crippen LogP contribution >= 0.6 is 0 Å². The van der Waals surface area contributed by atoms with Crippen molar-refractivity contribution in [3.05, 3.63) is 65.4 Å². The van der Waals surface area contributed by atoms with Crippen molar-refractivity contribution in [2.24, 2.45) is 5.92 Å². The molecule has 31 heavy (non-hydrogen) atoms. The summed E-state index contributed by atoms with van der Waals surface area (Å²) in [5.41, 5.74) is 3.56. The van der Waals surface area contributed by atoms with Crippen molar-refractivity contribution in [2.75, 3.05) is 24.6 Å². The molecular formula is C26H30N2O3. The molecule has 2 amide bonds. The molecule has 5 nitrogen and oxygen atoms in total. The Labute approximate surface area is 184 Å². The molecular weight excluding hydrogens is 388 g/mol. The van der Waals surface area contributed by atoms with Gasteiger partial charge in [-0.05, 0) is 67.5 Å². The van der Waals surface area contributed by atoms with Crippen LogP contribution in [-0.4, -0.2) is 36.4 Å². The molecule has 1 fully saturated rings. The van der Waals surface area contributed by atoms with E-state index >= 15 is 0 Å². The van der Waals surface area contributed by atoms with E-state index in [1.54, 1.807) is 0 Å². The lowest BCUT2D eigenvalue weighted by molar-refractivity contribution is -0.120. The highest BCUT2D eigenvalue weighted by Crippen LogP contribution is 2.37. The number of rotatable bonds is 6. The van der Waals surface area contributed by atoms with Crippen LogP contribution in [0.2, 0.25) is 0 Å². The maximum absolute atomic E-state index is 13.6. The van der Waals surface area contributed by atoms with Gasteiger partial charge in [-0.15, -0.1) is 0 Å². The van der Waals surface area contributed by atoms with Gasteiger partial charge in [-0.1, -0.05) is 38.1 Å². The van der Waals surface area contributed by atoms with Crippen LogP contribution in [-0.2, 0) is 16.0 Å². The molecule has 0 unspecified atom stereocenters.